The average molecular weight is 597 g/mol. The Bertz CT molecular complexity index is 942. The second kappa shape index (κ2) is 14.6. The van der Waals surface area contributed by atoms with Crippen molar-refractivity contribution in [2.24, 2.45) is 47.3 Å². The highest BCUT2D eigenvalue weighted by atomic mass is 19.3. The van der Waals surface area contributed by atoms with Crippen molar-refractivity contribution in [2.45, 2.75) is 141 Å². The topological polar surface area (TPSA) is 9.23 Å². The smallest absolute Gasteiger partial charge is 0.400 e. The Morgan fingerprint density at radius 3 is 1.38 bits per heavy atom. The van der Waals surface area contributed by atoms with Crippen molar-refractivity contribution in [1.82, 2.24) is 0 Å². The minimum absolute atomic E-state index is 0.342. The van der Waals surface area contributed by atoms with Gasteiger partial charge in [-0.25, -0.2) is 13.2 Å². The SMILES string of the molecule is CCCCCC1CCC(C2CCC(C3CCC(C4CCC(C(F)(F)Oc5cc(F)c(F)c(F)c5)CC4)CC3)CC2)CC1. The van der Waals surface area contributed by atoms with Gasteiger partial charge in [-0.05, 0) is 131 Å². The minimum atomic E-state index is -3.54. The van der Waals surface area contributed by atoms with E-state index < -0.39 is 35.2 Å². The molecule has 1 aromatic rings. The summed E-state index contributed by atoms with van der Waals surface area (Å²) in [4.78, 5) is 0. The maximum atomic E-state index is 14.8. The number of alkyl halides is 2. The molecule has 4 aliphatic rings. The van der Waals surface area contributed by atoms with E-state index in [4.69, 9.17) is 4.74 Å². The van der Waals surface area contributed by atoms with Crippen LogP contribution in [-0.4, -0.2) is 6.11 Å². The van der Waals surface area contributed by atoms with Gasteiger partial charge in [-0.3, -0.25) is 0 Å². The Kier molecular flexibility index (Phi) is 11.2. The molecule has 0 heterocycles. The molecule has 4 fully saturated rings. The van der Waals surface area contributed by atoms with Crippen molar-refractivity contribution >= 4 is 0 Å². The van der Waals surface area contributed by atoms with E-state index in [1.165, 1.54) is 103 Å². The molecule has 0 radical (unpaired) electrons. The first-order valence-corrected chi connectivity index (χ1v) is 17.4. The fourth-order valence-electron chi connectivity index (χ4n) is 9.57. The van der Waals surface area contributed by atoms with Crippen LogP contribution in [0.2, 0.25) is 0 Å². The maximum absolute atomic E-state index is 14.8. The van der Waals surface area contributed by atoms with Gasteiger partial charge in [0, 0.05) is 12.1 Å². The van der Waals surface area contributed by atoms with Gasteiger partial charge in [0.25, 0.3) is 0 Å². The van der Waals surface area contributed by atoms with Crippen molar-refractivity contribution in [3.05, 3.63) is 29.6 Å². The average Bonchev–Trinajstić information content (AvgIpc) is 3.00. The lowest BCUT2D eigenvalue weighted by Gasteiger charge is -2.43. The van der Waals surface area contributed by atoms with Crippen molar-refractivity contribution < 1.29 is 26.7 Å². The predicted molar refractivity (Wildman–Crippen MR) is 158 cm³/mol. The monoisotopic (exact) mass is 596 g/mol. The zero-order chi connectivity index (χ0) is 29.7. The molecule has 0 unspecified atom stereocenters. The van der Waals surface area contributed by atoms with Crippen LogP contribution in [0.15, 0.2) is 12.1 Å². The molecule has 0 amide bonds. The third-order valence-corrected chi connectivity index (χ3v) is 12.2. The molecule has 6 heteroatoms. The predicted octanol–water partition coefficient (Wildman–Crippen LogP) is 11.9. The molecule has 0 bridgehead atoms. The third-order valence-electron chi connectivity index (χ3n) is 12.2. The lowest BCUT2D eigenvalue weighted by atomic mass is 9.63. The summed E-state index contributed by atoms with van der Waals surface area (Å²) in [5.74, 6) is -0.607. The highest BCUT2D eigenvalue weighted by Gasteiger charge is 2.45. The summed E-state index contributed by atoms with van der Waals surface area (Å²) in [6, 6.07) is 0.979. The first-order chi connectivity index (χ1) is 20.2. The molecule has 4 saturated carbocycles. The molecule has 0 spiro atoms. The zero-order valence-corrected chi connectivity index (χ0v) is 25.7. The van der Waals surface area contributed by atoms with E-state index in [0.717, 1.165) is 42.4 Å². The summed E-state index contributed by atoms with van der Waals surface area (Å²) in [6.07, 6.45) is 20.9. The fraction of sp³-hybridized carbons (Fsp3) is 0.833. The van der Waals surface area contributed by atoms with Crippen LogP contribution in [0.4, 0.5) is 22.0 Å². The Morgan fingerprint density at radius 1 is 0.595 bits per heavy atom. The van der Waals surface area contributed by atoms with Crippen molar-refractivity contribution in [2.75, 3.05) is 0 Å². The first kappa shape index (κ1) is 32.1. The number of unbranched alkanes of at least 4 members (excludes halogenated alkanes) is 2. The van der Waals surface area contributed by atoms with Crippen LogP contribution in [0.25, 0.3) is 0 Å². The highest BCUT2D eigenvalue weighted by molar-refractivity contribution is 5.25. The Balaban J connectivity index is 0.995. The molecule has 1 nitrogen and oxygen atoms in total. The van der Waals surface area contributed by atoms with Crippen LogP contribution in [0.5, 0.6) is 5.75 Å². The number of halogens is 5. The summed E-state index contributed by atoms with van der Waals surface area (Å²) in [6.45, 7) is 2.30. The summed E-state index contributed by atoms with van der Waals surface area (Å²) < 4.78 is 74.5. The lowest BCUT2D eigenvalue weighted by molar-refractivity contribution is -0.224. The second-order valence-corrected chi connectivity index (χ2v) is 14.6. The summed E-state index contributed by atoms with van der Waals surface area (Å²) in [5.41, 5.74) is 0. The van der Waals surface area contributed by atoms with Gasteiger partial charge in [0.15, 0.2) is 17.5 Å². The number of hydrogen-bond acceptors (Lipinski definition) is 1. The molecule has 0 aromatic heterocycles. The van der Waals surface area contributed by atoms with Gasteiger partial charge < -0.3 is 4.74 Å². The zero-order valence-electron chi connectivity index (χ0n) is 25.7. The summed E-state index contributed by atoms with van der Waals surface area (Å²) in [5, 5.41) is 0. The Morgan fingerprint density at radius 2 is 0.976 bits per heavy atom. The van der Waals surface area contributed by atoms with Gasteiger partial charge >= 0.3 is 6.11 Å². The number of ether oxygens (including phenoxy) is 1. The van der Waals surface area contributed by atoms with Gasteiger partial charge in [-0.15, -0.1) is 0 Å². The summed E-state index contributed by atoms with van der Waals surface area (Å²) in [7, 11) is 0. The molecule has 0 aliphatic heterocycles. The third kappa shape index (κ3) is 8.03. The number of rotatable bonds is 10. The fourth-order valence-corrected chi connectivity index (χ4v) is 9.57. The van der Waals surface area contributed by atoms with Gasteiger partial charge in [-0.2, -0.15) is 8.78 Å². The van der Waals surface area contributed by atoms with Crippen molar-refractivity contribution in [1.29, 1.82) is 0 Å². The van der Waals surface area contributed by atoms with Gasteiger partial charge in [0.1, 0.15) is 5.75 Å². The van der Waals surface area contributed by atoms with E-state index in [9.17, 15) is 22.0 Å². The molecular weight excluding hydrogens is 543 g/mol. The Labute approximate surface area is 250 Å². The van der Waals surface area contributed by atoms with Crippen LogP contribution >= 0.6 is 0 Å². The molecule has 0 N–H and O–H groups in total. The second-order valence-electron chi connectivity index (χ2n) is 14.6. The van der Waals surface area contributed by atoms with E-state index in [-0.39, 0.29) is 0 Å². The van der Waals surface area contributed by atoms with Crippen LogP contribution in [0.1, 0.15) is 135 Å². The quantitative estimate of drug-likeness (QED) is 0.148. The lowest BCUT2D eigenvalue weighted by Crippen LogP contribution is -2.38. The van der Waals surface area contributed by atoms with E-state index in [1.807, 2.05) is 0 Å². The van der Waals surface area contributed by atoms with E-state index in [1.54, 1.807) is 0 Å². The van der Waals surface area contributed by atoms with Gasteiger partial charge in [0.05, 0.1) is 5.92 Å². The van der Waals surface area contributed by atoms with Crippen LogP contribution in [0, 0.1) is 64.8 Å². The maximum Gasteiger partial charge on any atom is 0.400 e. The standard InChI is InChI=1S/C36H53F5O/c1-2-3-4-5-24-6-8-25(9-7-24)26-10-12-27(13-11-26)28-14-16-29(17-15-28)30-18-20-31(21-19-30)36(40,41)42-32-22-33(37)35(39)34(38)23-32/h22-31H,2-21H2,1H3. The first-order valence-electron chi connectivity index (χ1n) is 17.4. The normalized spacial score (nSPS) is 34.7. The molecule has 4 aliphatic carbocycles. The van der Waals surface area contributed by atoms with E-state index in [0.29, 0.717) is 36.8 Å². The minimum Gasteiger partial charge on any atom is -0.432 e. The molecule has 42 heavy (non-hydrogen) atoms. The molecule has 1 aromatic carbocycles. The molecular formula is C36H53F5O. The van der Waals surface area contributed by atoms with E-state index >= 15 is 0 Å². The number of benzene rings is 1. The van der Waals surface area contributed by atoms with Crippen LogP contribution < -0.4 is 4.74 Å². The largest absolute Gasteiger partial charge is 0.432 e. The van der Waals surface area contributed by atoms with Crippen LogP contribution in [0.3, 0.4) is 0 Å². The van der Waals surface area contributed by atoms with Crippen LogP contribution in [-0.2, 0) is 0 Å². The van der Waals surface area contributed by atoms with Gasteiger partial charge in [-0.1, -0.05) is 45.4 Å². The molecule has 0 atom stereocenters. The highest BCUT2D eigenvalue weighted by Crippen LogP contribution is 2.49. The Hall–Kier alpha value is -1.33. The molecule has 238 valence electrons. The van der Waals surface area contributed by atoms with Crippen molar-refractivity contribution in [3.8, 4) is 5.75 Å². The number of hydrogen-bond donors (Lipinski definition) is 0. The summed E-state index contributed by atoms with van der Waals surface area (Å²) >= 11 is 0. The molecule has 5 rings (SSSR count). The van der Waals surface area contributed by atoms with E-state index in [2.05, 4.69) is 6.92 Å². The van der Waals surface area contributed by atoms with Crippen molar-refractivity contribution in [3.63, 3.8) is 0 Å². The van der Waals surface area contributed by atoms with Gasteiger partial charge in [0.2, 0.25) is 0 Å². The molecule has 0 saturated heterocycles.